The van der Waals surface area contributed by atoms with Crippen LogP contribution in [0.5, 0.6) is 0 Å². The summed E-state index contributed by atoms with van der Waals surface area (Å²) < 4.78 is 37.7. The number of hydrogen-bond donors (Lipinski definition) is 2. The van der Waals surface area contributed by atoms with E-state index in [1.165, 1.54) is 0 Å². The van der Waals surface area contributed by atoms with Gasteiger partial charge in [-0.2, -0.15) is 13.2 Å². The molecule has 2 amide bonds. The maximum absolute atomic E-state index is 12.6. The van der Waals surface area contributed by atoms with Crippen molar-refractivity contribution >= 4 is 6.03 Å². The highest BCUT2D eigenvalue weighted by Gasteiger charge is 2.44. The first-order valence-corrected chi connectivity index (χ1v) is 5.15. The van der Waals surface area contributed by atoms with Gasteiger partial charge in [0.15, 0.2) is 0 Å². The van der Waals surface area contributed by atoms with Gasteiger partial charge in [-0.05, 0) is 5.56 Å². The molecule has 0 saturated carbocycles. The molecule has 2 atom stereocenters. The van der Waals surface area contributed by atoms with Gasteiger partial charge >= 0.3 is 12.2 Å². The molecular formula is C11H11F3N2O. The zero-order valence-corrected chi connectivity index (χ0v) is 8.79. The van der Waals surface area contributed by atoms with Gasteiger partial charge in [0, 0.05) is 6.42 Å². The Labute approximate surface area is 96.0 Å². The van der Waals surface area contributed by atoms with Crippen LogP contribution in [-0.4, -0.2) is 18.2 Å². The summed E-state index contributed by atoms with van der Waals surface area (Å²) in [5.74, 6) is 0. The highest BCUT2D eigenvalue weighted by atomic mass is 19.4. The number of rotatable bonds is 1. The van der Waals surface area contributed by atoms with Crippen LogP contribution >= 0.6 is 0 Å². The van der Waals surface area contributed by atoms with Gasteiger partial charge in [-0.25, -0.2) is 4.79 Å². The number of alkyl halides is 3. The SMILES string of the molecule is O=C1NC(c2ccccc2)CC(C(F)(F)F)N1. The fraction of sp³-hybridized carbons (Fsp3) is 0.364. The molecule has 0 aromatic heterocycles. The number of hydrogen-bond acceptors (Lipinski definition) is 1. The first kappa shape index (κ1) is 11.8. The van der Waals surface area contributed by atoms with Crippen LogP contribution in [0.25, 0.3) is 0 Å². The summed E-state index contributed by atoms with van der Waals surface area (Å²) >= 11 is 0. The number of urea groups is 1. The van der Waals surface area contributed by atoms with Gasteiger partial charge in [0.05, 0.1) is 6.04 Å². The van der Waals surface area contributed by atoms with Crippen molar-refractivity contribution in [2.24, 2.45) is 0 Å². The van der Waals surface area contributed by atoms with Crippen LogP contribution in [0.2, 0.25) is 0 Å². The number of halogens is 3. The zero-order chi connectivity index (χ0) is 12.5. The second-order valence-electron chi connectivity index (χ2n) is 3.91. The van der Waals surface area contributed by atoms with Gasteiger partial charge in [-0.1, -0.05) is 30.3 Å². The Kier molecular flexibility index (Phi) is 2.95. The first-order chi connectivity index (χ1) is 7.97. The summed E-state index contributed by atoms with van der Waals surface area (Å²) in [5, 5.41) is 4.37. The van der Waals surface area contributed by atoms with Crippen molar-refractivity contribution < 1.29 is 18.0 Å². The lowest BCUT2D eigenvalue weighted by molar-refractivity contribution is -0.158. The molecule has 0 spiro atoms. The van der Waals surface area contributed by atoms with E-state index < -0.39 is 24.3 Å². The van der Waals surface area contributed by atoms with Gasteiger partial charge < -0.3 is 10.6 Å². The standard InChI is InChI=1S/C11H11F3N2O/c12-11(13,14)9-6-8(15-10(17)16-9)7-4-2-1-3-5-7/h1-5,8-9H,6H2,(H2,15,16,17). The van der Waals surface area contributed by atoms with Crippen molar-refractivity contribution in [3.8, 4) is 0 Å². The molecule has 1 aliphatic heterocycles. The smallest absolute Gasteiger partial charge is 0.331 e. The number of carbonyl (C=O) groups is 1. The quantitative estimate of drug-likeness (QED) is 0.782. The molecule has 1 aromatic carbocycles. The van der Waals surface area contributed by atoms with Gasteiger partial charge in [0.1, 0.15) is 6.04 Å². The number of amides is 2. The molecule has 0 radical (unpaired) electrons. The summed E-state index contributed by atoms with van der Waals surface area (Å²) in [7, 11) is 0. The summed E-state index contributed by atoms with van der Waals surface area (Å²) in [6.45, 7) is 0. The van der Waals surface area contributed by atoms with E-state index in [4.69, 9.17) is 0 Å². The van der Waals surface area contributed by atoms with E-state index in [1.807, 2.05) is 5.32 Å². The number of nitrogens with one attached hydrogen (secondary N) is 2. The summed E-state index contributed by atoms with van der Waals surface area (Å²) in [6.07, 6.45) is -4.61. The molecule has 2 unspecified atom stereocenters. The molecule has 1 heterocycles. The maximum atomic E-state index is 12.6. The van der Waals surface area contributed by atoms with E-state index in [0.717, 1.165) is 0 Å². The molecule has 1 aromatic rings. The highest BCUT2D eigenvalue weighted by Crippen LogP contribution is 2.30. The van der Waals surface area contributed by atoms with Gasteiger partial charge in [0.25, 0.3) is 0 Å². The number of benzene rings is 1. The molecular weight excluding hydrogens is 233 g/mol. The summed E-state index contributed by atoms with van der Waals surface area (Å²) in [5.41, 5.74) is 0.677. The fourth-order valence-corrected chi connectivity index (χ4v) is 1.83. The van der Waals surface area contributed by atoms with Crippen molar-refractivity contribution in [3.05, 3.63) is 35.9 Å². The maximum Gasteiger partial charge on any atom is 0.408 e. The second kappa shape index (κ2) is 4.27. The van der Waals surface area contributed by atoms with Crippen molar-refractivity contribution in [3.63, 3.8) is 0 Å². The van der Waals surface area contributed by atoms with E-state index in [0.29, 0.717) is 5.56 Å². The monoisotopic (exact) mass is 244 g/mol. The van der Waals surface area contributed by atoms with E-state index >= 15 is 0 Å². The van der Waals surface area contributed by atoms with Crippen LogP contribution in [0.3, 0.4) is 0 Å². The number of carbonyl (C=O) groups excluding carboxylic acids is 1. The van der Waals surface area contributed by atoms with Crippen LogP contribution in [0.1, 0.15) is 18.0 Å². The van der Waals surface area contributed by atoms with Gasteiger partial charge in [-0.15, -0.1) is 0 Å². The first-order valence-electron chi connectivity index (χ1n) is 5.15. The topological polar surface area (TPSA) is 41.1 Å². The minimum atomic E-state index is -4.41. The summed E-state index contributed by atoms with van der Waals surface area (Å²) in [4.78, 5) is 11.2. The average Bonchev–Trinajstić information content (AvgIpc) is 2.28. The average molecular weight is 244 g/mol. The van der Waals surface area contributed by atoms with E-state index in [-0.39, 0.29) is 6.42 Å². The zero-order valence-electron chi connectivity index (χ0n) is 8.79. The third kappa shape index (κ3) is 2.69. The van der Waals surface area contributed by atoms with Crippen LogP contribution in [0, 0.1) is 0 Å². The molecule has 0 aliphatic carbocycles. The van der Waals surface area contributed by atoms with Gasteiger partial charge in [0.2, 0.25) is 0 Å². The summed E-state index contributed by atoms with van der Waals surface area (Å²) in [6, 6.07) is 5.45. The van der Waals surface area contributed by atoms with Gasteiger partial charge in [-0.3, -0.25) is 0 Å². The van der Waals surface area contributed by atoms with Crippen molar-refractivity contribution in [1.29, 1.82) is 0 Å². The van der Waals surface area contributed by atoms with Crippen LogP contribution in [0.4, 0.5) is 18.0 Å². The lowest BCUT2D eigenvalue weighted by atomic mass is 9.97. The lowest BCUT2D eigenvalue weighted by Gasteiger charge is -2.32. The molecule has 92 valence electrons. The predicted molar refractivity (Wildman–Crippen MR) is 55.3 cm³/mol. The Balaban J connectivity index is 2.17. The minimum absolute atomic E-state index is 0.195. The van der Waals surface area contributed by atoms with Crippen LogP contribution < -0.4 is 10.6 Å². The van der Waals surface area contributed by atoms with Crippen LogP contribution in [0.15, 0.2) is 30.3 Å². The lowest BCUT2D eigenvalue weighted by Crippen LogP contribution is -2.56. The van der Waals surface area contributed by atoms with E-state index in [2.05, 4.69) is 5.32 Å². The van der Waals surface area contributed by atoms with Crippen molar-refractivity contribution in [2.45, 2.75) is 24.7 Å². The third-order valence-electron chi connectivity index (χ3n) is 2.68. The largest absolute Gasteiger partial charge is 0.408 e. The van der Waals surface area contributed by atoms with Crippen molar-refractivity contribution in [1.82, 2.24) is 10.6 Å². The Hall–Kier alpha value is -1.72. The normalized spacial score (nSPS) is 25.0. The Morgan fingerprint density at radius 1 is 1.12 bits per heavy atom. The molecule has 1 saturated heterocycles. The Bertz CT molecular complexity index is 405. The Morgan fingerprint density at radius 3 is 2.35 bits per heavy atom. The molecule has 2 rings (SSSR count). The third-order valence-corrected chi connectivity index (χ3v) is 2.68. The molecule has 1 aliphatic rings. The molecule has 17 heavy (non-hydrogen) atoms. The Morgan fingerprint density at radius 2 is 1.76 bits per heavy atom. The molecule has 1 fully saturated rings. The minimum Gasteiger partial charge on any atom is -0.331 e. The fourth-order valence-electron chi connectivity index (χ4n) is 1.83. The van der Waals surface area contributed by atoms with Crippen LogP contribution in [-0.2, 0) is 0 Å². The second-order valence-corrected chi connectivity index (χ2v) is 3.91. The molecule has 3 nitrogen and oxygen atoms in total. The predicted octanol–water partition coefficient (Wildman–Crippen LogP) is 2.36. The molecule has 2 N–H and O–H groups in total. The molecule has 6 heteroatoms. The van der Waals surface area contributed by atoms with E-state index in [1.54, 1.807) is 30.3 Å². The van der Waals surface area contributed by atoms with E-state index in [9.17, 15) is 18.0 Å². The molecule has 0 bridgehead atoms. The highest BCUT2D eigenvalue weighted by molar-refractivity contribution is 5.75. The van der Waals surface area contributed by atoms with Crippen molar-refractivity contribution in [2.75, 3.05) is 0 Å².